The zero-order valence-corrected chi connectivity index (χ0v) is 5.10. The van der Waals surface area contributed by atoms with Gasteiger partial charge in [0.1, 0.15) is 11.4 Å². The van der Waals surface area contributed by atoms with Gasteiger partial charge in [0, 0.05) is 11.5 Å². The number of rotatable bonds is 0. The molecule has 0 bridgehead atoms. The molecule has 10 heavy (non-hydrogen) atoms. The van der Waals surface area contributed by atoms with Gasteiger partial charge in [-0.3, -0.25) is 0 Å². The highest BCUT2D eigenvalue weighted by Crippen LogP contribution is 2.14. The van der Waals surface area contributed by atoms with Crippen LogP contribution in [0.3, 0.4) is 0 Å². The van der Waals surface area contributed by atoms with E-state index in [1.54, 1.807) is 12.1 Å². The fraction of sp³-hybridized carbons (Fsp3) is 0. The van der Waals surface area contributed by atoms with Gasteiger partial charge >= 0.3 is 0 Å². The predicted molar refractivity (Wildman–Crippen MR) is 35.0 cm³/mol. The highest BCUT2D eigenvalue weighted by atomic mass is 19.1. The van der Waals surface area contributed by atoms with Crippen molar-refractivity contribution in [1.29, 1.82) is 0 Å². The van der Waals surface area contributed by atoms with Crippen molar-refractivity contribution >= 4 is 11.0 Å². The number of benzene rings is 1. The van der Waals surface area contributed by atoms with Crippen LogP contribution in [-0.4, -0.2) is 0 Å². The zero-order valence-electron chi connectivity index (χ0n) is 5.10. The third-order valence-corrected chi connectivity index (χ3v) is 1.36. The van der Waals surface area contributed by atoms with E-state index in [-0.39, 0.29) is 5.82 Å². The molecule has 2 aromatic rings. The van der Waals surface area contributed by atoms with Crippen molar-refractivity contribution in [3.8, 4) is 0 Å². The Labute approximate surface area is 57.1 Å². The second-order valence-electron chi connectivity index (χ2n) is 2.05. The first-order valence-electron chi connectivity index (χ1n) is 2.91. The van der Waals surface area contributed by atoms with Crippen LogP contribution < -0.4 is 0 Å². The second-order valence-corrected chi connectivity index (χ2v) is 2.05. The van der Waals surface area contributed by atoms with Gasteiger partial charge in [0.2, 0.25) is 0 Å². The van der Waals surface area contributed by atoms with Gasteiger partial charge in [0.25, 0.3) is 0 Å². The van der Waals surface area contributed by atoms with E-state index in [9.17, 15) is 4.39 Å². The average molecular weight is 135 g/mol. The van der Waals surface area contributed by atoms with Gasteiger partial charge in [-0.15, -0.1) is 0 Å². The molecule has 0 aliphatic heterocycles. The van der Waals surface area contributed by atoms with Crippen LogP contribution >= 0.6 is 0 Å². The van der Waals surface area contributed by atoms with Gasteiger partial charge in [0.15, 0.2) is 6.26 Å². The summed E-state index contributed by atoms with van der Waals surface area (Å²) in [5, 5.41) is 0.876. The first kappa shape index (κ1) is 5.47. The summed E-state index contributed by atoms with van der Waals surface area (Å²) < 4.78 is 17.3. The first-order valence-corrected chi connectivity index (χ1v) is 2.91. The SMILES string of the molecule is Fc1ccc2c[c]oc2c1. The number of hydrogen-bond donors (Lipinski definition) is 0. The maximum atomic E-state index is 12.4. The summed E-state index contributed by atoms with van der Waals surface area (Å²) in [6.45, 7) is 0. The number of hydrogen-bond acceptors (Lipinski definition) is 1. The maximum Gasteiger partial charge on any atom is 0.170 e. The fourth-order valence-electron chi connectivity index (χ4n) is 0.872. The van der Waals surface area contributed by atoms with Crippen molar-refractivity contribution in [1.82, 2.24) is 0 Å². The van der Waals surface area contributed by atoms with Gasteiger partial charge in [-0.05, 0) is 18.2 Å². The lowest BCUT2D eigenvalue weighted by molar-refractivity contribution is 0.592. The summed E-state index contributed by atoms with van der Waals surface area (Å²) >= 11 is 0. The van der Waals surface area contributed by atoms with Crippen LogP contribution in [0.4, 0.5) is 4.39 Å². The summed E-state index contributed by atoms with van der Waals surface area (Å²) in [5.41, 5.74) is 0.542. The normalized spacial score (nSPS) is 10.5. The topological polar surface area (TPSA) is 13.1 Å². The van der Waals surface area contributed by atoms with Crippen LogP contribution in [0.25, 0.3) is 11.0 Å². The first-order chi connectivity index (χ1) is 4.86. The average Bonchev–Trinajstić information content (AvgIpc) is 2.33. The monoisotopic (exact) mass is 135 g/mol. The summed E-state index contributed by atoms with van der Waals surface area (Å²) in [6, 6.07) is 6.07. The Hall–Kier alpha value is -1.31. The molecule has 2 rings (SSSR count). The van der Waals surface area contributed by atoms with Crippen LogP contribution in [0.15, 0.2) is 28.7 Å². The third kappa shape index (κ3) is 0.692. The van der Waals surface area contributed by atoms with E-state index in [0.29, 0.717) is 5.58 Å². The van der Waals surface area contributed by atoms with E-state index in [1.807, 2.05) is 0 Å². The number of fused-ring (bicyclic) bond motifs is 1. The Kier molecular flexibility index (Phi) is 1.01. The summed E-state index contributed by atoms with van der Waals surface area (Å²) in [6.07, 6.45) is 2.52. The second kappa shape index (κ2) is 1.84. The van der Waals surface area contributed by atoms with Gasteiger partial charge in [0.05, 0.1) is 0 Å². The molecule has 1 aromatic carbocycles. The molecule has 1 heterocycles. The standard InChI is InChI=1S/C8H4FO/c9-7-2-1-6-3-4-10-8(6)5-7/h1-3,5H. The van der Waals surface area contributed by atoms with Gasteiger partial charge in [-0.2, -0.15) is 0 Å². The summed E-state index contributed by atoms with van der Waals surface area (Å²) in [4.78, 5) is 0. The van der Waals surface area contributed by atoms with Crippen molar-refractivity contribution < 1.29 is 8.81 Å². The molecule has 0 amide bonds. The van der Waals surface area contributed by atoms with Crippen molar-refractivity contribution in [3.05, 3.63) is 36.3 Å². The molecule has 1 aromatic heterocycles. The van der Waals surface area contributed by atoms with Gasteiger partial charge in [-0.1, -0.05) is 0 Å². The van der Waals surface area contributed by atoms with Crippen LogP contribution in [0, 0.1) is 12.1 Å². The summed E-state index contributed by atoms with van der Waals surface area (Å²) in [7, 11) is 0. The van der Waals surface area contributed by atoms with Crippen LogP contribution in [0.2, 0.25) is 0 Å². The molecule has 0 unspecified atom stereocenters. The van der Waals surface area contributed by atoms with E-state index >= 15 is 0 Å². The third-order valence-electron chi connectivity index (χ3n) is 1.36. The molecular weight excluding hydrogens is 131 g/mol. The molecule has 0 saturated carbocycles. The molecule has 0 N–H and O–H groups in total. The molecule has 1 radical (unpaired) electrons. The van der Waals surface area contributed by atoms with Crippen LogP contribution in [0.5, 0.6) is 0 Å². The van der Waals surface area contributed by atoms with Crippen molar-refractivity contribution in [2.45, 2.75) is 0 Å². The quantitative estimate of drug-likeness (QED) is 0.540. The van der Waals surface area contributed by atoms with E-state index in [0.717, 1.165) is 5.39 Å². The van der Waals surface area contributed by atoms with Gasteiger partial charge in [-0.25, -0.2) is 4.39 Å². The smallest absolute Gasteiger partial charge is 0.170 e. The maximum absolute atomic E-state index is 12.4. The molecular formula is C8H4FO. The molecule has 0 spiro atoms. The zero-order chi connectivity index (χ0) is 6.97. The highest BCUT2D eigenvalue weighted by molar-refractivity contribution is 5.76. The largest absolute Gasteiger partial charge is 0.453 e. The minimum atomic E-state index is -0.282. The molecule has 2 heteroatoms. The Morgan fingerprint density at radius 2 is 2.30 bits per heavy atom. The van der Waals surface area contributed by atoms with Crippen molar-refractivity contribution in [2.24, 2.45) is 0 Å². The molecule has 1 nitrogen and oxygen atoms in total. The van der Waals surface area contributed by atoms with Crippen molar-refractivity contribution in [3.63, 3.8) is 0 Å². The van der Waals surface area contributed by atoms with Crippen LogP contribution in [-0.2, 0) is 0 Å². The van der Waals surface area contributed by atoms with Crippen LogP contribution in [0.1, 0.15) is 0 Å². The van der Waals surface area contributed by atoms with E-state index in [4.69, 9.17) is 4.42 Å². The van der Waals surface area contributed by atoms with E-state index in [1.165, 1.54) is 12.1 Å². The van der Waals surface area contributed by atoms with E-state index < -0.39 is 0 Å². The Bertz CT molecular complexity index is 351. The lowest BCUT2D eigenvalue weighted by atomic mass is 10.2. The lowest BCUT2D eigenvalue weighted by Crippen LogP contribution is -1.68. The molecule has 49 valence electrons. The minimum Gasteiger partial charge on any atom is -0.453 e. The Balaban J connectivity index is 2.86. The molecule has 0 aliphatic rings. The fourth-order valence-corrected chi connectivity index (χ4v) is 0.872. The minimum absolute atomic E-state index is 0.282. The molecule has 0 fully saturated rings. The Morgan fingerprint density at radius 1 is 1.40 bits per heavy atom. The van der Waals surface area contributed by atoms with E-state index in [2.05, 4.69) is 6.26 Å². The number of furan rings is 1. The van der Waals surface area contributed by atoms with Gasteiger partial charge < -0.3 is 4.42 Å². The molecule has 0 saturated heterocycles. The predicted octanol–water partition coefficient (Wildman–Crippen LogP) is 2.37. The molecule has 0 aliphatic carbocycles. The van der Waals surface area contributed by atoms with Crippen molar-refractivity contribution in [2.75, 3.05) is 0 Å². The Morgan fingerprint density at radius 3 is 3.20 bits per heavy atom. The highest BCUT2D eigenvalue weighted by Gasteiger charge is 1.96. The molecule has 0 atom stereocenters. The summed E-state index contributed by atoms with van der Waals surface area (Å²) in [5.74, 6) is -0.282. The lowest BCUT2D eigenvalue weighted by Gasteiger charge is -1.85. The number of halogens is 1.